The fraction of sp³-hybridized carbons (Fsp3) is 0.600. The number of thiophene rings is 1. The highest BCUT2D eigenvalue weighted by atomic mass is 32.1. The van der Waals surface area contributed by atoms with Gasteiger partial charge in [-0.25, -0.2) is 4.98 Å². The van der Waals surface area contributed by atoms with Crippen molar-refractivity contribution >= 4 is 21.6 Å². The third-order valence-corrected chi connectivity index (χ3v) is 5.87. The van der Waals surface area contributed by atoms with E-state index in [1.807, 2.05) is 11.4 Å². The summed E-state index contributed by atoms with van der Waals surface area (Å²) in [6, 6.07) is 2.26. The van der Waals surface area contributed by atoms with Gasteiger partial charge < -0.3 is 10.7 Å². The Balaban J connectivity index is 1.54. The average Bonchev–Trinajstić information content (AvgIpc) is 3.06. The molecule has 5 nitrogen and oxygen atoms in total. The maximum absolute atomic E-state index is 12.0. The zero-order valence-corrected chi connectivity index (χ0v) is 12.7. The van der Waals surface area contributed by atoms with Crippen LogP contribution in [0.15, 0.2) is 16.2 Å². The number of likely N-dealkylation sites (tertiary alicyclic amines) is 1. The van der Waals surface area contributed by atoms with Gasteiger partial charge in [0.2, 0.25) is 0 Å². The second-order valence-electron chi connectivity index (χ2n) is 6.36. The van der Waals surface area contributed by atoms with Crippen molar-refractivity contribution in [2.75, 3.05) is 13.1 Å². The summed E-state index contributed by atoms with van der Waals surface area (Å²) in [5.41, 5.74) is 7.06. The standard InChI is InChI=1S/C15H20N4OS/c16-11-3-1-2-9-6-19(7-10(9)11)8-13-17-12-4-5-21-14(12)15(20)18-13/h4-5,9-11H,1-3,6-8,16H2,(H,17,18,20). The van der Waals surface area contributed by atoms with Gasteiger partial charge in [0.15, 0.2) is 0 Å². The minimum Gasteiger partial charge on any atom is -0.327 e. The van der Waals surface area contributed by atoms with E-state index in [4.69, 9.17) is 5.73 Å². The highest BCUT2D eigenvalue weighted by Crippen LogP contribution is 2.35. The fourth-order valence-corrected chi connectivity index (χ4v) is 4.67. The monoisotopic (exact) mass is 304 g/mol. The van der Waals surface area contributed by atoms with Crippen LogP contribution in [0.5, 0.6) is 0 Å². The molecule has 6 heteroatoms. The van der Waals surface area contributed by atoms with Crippen molar-refractivity contribution in [3.05, 3.63) is 27.6 Å². The minimum atomic E-state index is -0.0154. The molecule has 3 atom stereocenters. The highest BCUT2D eigenvalue weighted by molar-refractivity contribution is 7.17. The van der Waals surface area contributed by atoms with Gasteiger partial charge in [0.1, 0.15) is 10.5 Å². The molecule has 0 aromatic carbocycles. The molecule has 2 fully saturated rings. The first kappa shape index (κ1) is 13.4. The maximum atomic E-state index is 12.0. The van der Waals surface area contributed by atoms with E-state index in [1.165, 1.54) is 24.2 Å². The van der Waals surface area contributed by atoms with Gasteiger partial charge in [0.05, 0.1) is 12.1 Å². The molecule has 2 aromatic rings. The van der Waals surface area contributed by atoms with Crippen LogP contribution >= 0.6 is 11.3 Å². The summed E-state index contributed by atoms with van der Waals surface area (Å²) in [5.74, 6) is 2.12. The Bertz CT molecular complexity index is 709. The molecule has 3 heterocycles. The van der Waals surface area contributed by atoms with Gasteiger partial charge in [-0.2, -0.15) is 0 Å². The van der Waals surface area contributed by atoms with Gasteiger partial charge in [-0.15, -0.1) is 11.3 Å². The molecule has 2 aromatic heterocycles. The van der Waals surface area contributed by atoms with Crippen LogP contribution in [0, 0.1) is 11.8 Å². The number of nitrogens with one attached hydrogen (secondary N) is 1. The van der Waals surface area contributed by atoms with Crippen molar-refractivity contribution < 1.29 is 0 Å². The first-order chi connectivity index (χ1) is 10.2. The first-order valence-electron chi connectivity index (χ1n) is 7.65. The van der Waals surface area contributed by atoms with E-state index in [2.05, 4.69) is 14.9 Å². The number of aromatic amines is 1. The molecule has 0 spiro atoms. The average molecular weight is 304 g/mol. The molecule has 0 amide bonds. The molecule has 112 valence electrons. The third-order valence-electron chi connectivity index (χ3n) is 4.97. The molecule has 1 aliphatic heterocycles. The number of aromatic nitrogens is 2. The first-order valence-corrected chi connectivity index (χ1v) is 8.53. The lowest BCUT2D eigenvalue weighted by Gasteiger charge is -2.29. The summed E-state index contributed by atoms with van der Waals surface area (Å²) in [6.45, 7) is 2.85. The predicted octanol–water partition coefficient (Wildman–Crippen LogP) is 1.54. The lowest BCUT2D eigenvalue weighted by atomic mass is 9.78. The fourth-order valence-electron chi connectivity index (χ4n) is 3.95. The van der Waals surface area contributed by atoms with Gasteiger partial charge in [-0.1, -0.05) is 6.42 Å². The van der Waals surface area contributed by atoms with Crippen LogP contribution in [0.2, 0.25) is 0 Å². The van der Waals surface area contributed by atoms with E-state index in [1.54, 1.807) is 0 Å². The van der Waals surface area contributed by atoms with Crippen LogP contribution < -0.4 is 11.3 Å². The Morgan fingerprint density at radius 1 is 1.43 bits per heavy atom. The molecule has 1 aliphatic carbocycles. The van der Waals surface area contributed by atoms with E-state index in [9.17, 15) is 4.79 Å². The zero-order valence-electron chi connectivity index (χ0n) is 11.9. The second-order valence-corrected chi connectivity index (χ2v) is 7.28. The molecule has 4 rings (SSSR count). The maximum Gasteiger partial charge on any atom is 0.268 e. The molecule has 3 N–H and O–H groups in total. The molecular weight excluding hydrogens is 284 g/mol. The van der Waals surface area contributed by atoms with Crippen LogP contribution in [0.4, 0.5) is 0 Å². The molecule has 1 saturated carbocycles. The van der Waals surface area contributed by atoms with Crippen LogP contribution in [0.25, 0.3) is 10.2 Å². The van der Waals surface area contributed by atoms with Crippen LogP contribution in [-0.2, 0) is 6.54 Å². The highest BCUT2D eigenvalue weighted by Gasteiger charge is 2.38. The van der Waals surface area contributed by atoms with E-state index in [0.29, 0.717) is 12.0 Å². The van der Waals surface area contributed by atoms with Crippen LogP contribution in [-0.4, -0.2) is 34.0 Å². The van der Waals surface area contributed by atoms with Crippen LogP contribution in [0.3, 0.4) is 0 Å². The Morgan fingerprint density at radius 3 is 3.19 bits per heavy atom. The summed E-state index contributed by atoms with van der Waals surface area (Å²) >= 11 is 1.45. The number of rotatable bonds is 2. The Morgan fingerprint density at radius 2 is 2.33 bits per heavy atom. The Kier molecular flexibility index (Phi) is 3.32. The predicted molar refractivity (Wildman–Crippen MR) is 84.3 cm³/mol. The SMILES string of the molecule is NC1CCCC2CN(Cc3nc4ccsc4c(=O)[nH]3)CC12. The Hall–Kier alpha value is -1.24. The smallest absolute Gasteiger partial charge is 0.268 e. The number of nitrogens with two attached hydrogens (primary N) is 1. The van der Waals surface area contributed by atoms with E-state index in [0.717, 1.165) is 48.0 Å². The van der Waals surface area contributed by atoms with Crippen molar-refractivity contribution in [3.63, 3.8) is 0 Å². The van der Waals surface area contributed by atoms with Crippen molar-refractivity contribution in [2.45, 2.75) is 31.8 Å². The lowest BCUT2D eigenvalue weighted by molar-refractivity contribution is 0.259. The summed E-state index contributed by atoms with van der Waals surface area (Å²) < 4.78 is 0.718. The Labute approximate surface area is 127 Å². The van der Waals surface area contributed by atoms with Gasteiger partial charge >= 0.3 is 0 Å². The van der Waals surface area contributed by atoms with E-state index < -0.39 is 0 Å². The number of nitrogens with zero attached hydrogens (tertiary/aromatic N) is 2. The lowest BCUT2D eigenvalue weighted by Crippen LogP contribution is -2.38. The number of fused-ring (bicyclic) bond motifs is 2. The largest absolute Gasteiger partial charge is 0.327 e. The van der Waals surface area contributed by atoms with Gasteiger partial charge in [-0.05, 0) is 36.1 Å². The third kappa shape index (κ3) is 2.41. The molecule has 3 unspecified atom stereocenters. The van der Waals surface area contributed by atoms with Gasteiger partial charge in [0, 0.05) is 19.1 Å². The van der Waals surface area contributed by atoms with Crippen molar-refractivity contribution in [1.29, 1.82) is 0 Å². The van der Waals surface area contributed by atoms with E-state index in [-0.39, 0.29) is 5.56 Å². The molecule has 0 bridgehead atoms. The van der Waals surface area contributed by atoms with Crippen LogP contribution in [0.1, 0.15) is 25.1 Å². The molecule has 21 heavy (non-hydrogen) atoms. The second kappa shape index (κ2) is 5.19. The number of hydrogen-bond acceptors (Lipinski definition) is 5. The molecule has 0 radical (unpaired) electrons. The van der Waals surface area contributed by atoms with Gasteiger partial charge in [-0.3, -0.25) is 9.69 Å². The normalized spacial score (nSPS) is 29.9. The number of hydrogen-bond donors (Lipinski definition) is 2. The molecular formula is C15H20N4OS. The van der Waals surface area contributed by atoms with Crippen molar-refractivity contribution in [3.8, 4) is 0 Å². The van der Waals surface area contributed by atoms with Crippen molar-refractivity contribution in [1.82, 2.24) is 14.9 Å². The van der Waals surface area contributed by atoms with Gasteiger partial charge in [0.25, 0.3) is 5.56 Å². The zero-order chi connectivity index (χ0) is 14.4. The summed E-state index contributed by atoms with van der Waals surface area (Å²) in [6.07, 6.45) is 3.71. The summed E-state index contributed by atoms with van der Waals surface area (Å²) in [7, 11) is 0. The molecule has 2 aliphatic rings. The van der Waals surface area contributed by atoms with Crippen molar-refractivity contribution in [2.24, 2.45) is 17.6 Å². The number of H-pyrrole nitrogens is 1. The quantitative estimate of drug-likeness (QED) is 0.882. The minimum absolute atomic E-state index is 0.0154. The van der Waals surface area contributed by atoms with E-state index >= 15 is 0 Å². The topological polar surface area (TPSA) is 75.0 Å². The summed E-state index contributed by atoms with van der Waals surface area (Å²) in [4.78, 5) is 21.9. The molecule has 1 saturated heterocycles. The summed E-state index contributed by atoms with van der Waals surface area (Å²) in [5, 5.41) is 1.92.